The van der Waals surface area contributed by atoms with E-state index in [9.17, 15) is 4.79 Å². The van der Waals surface area contributed by atoms with Gasteiger partial charge >= 0.3 is 5.97 Å². The highest BCUT2D eigenvalue weighted by molar-refractivity contribution is 5.89. The van der Waals surface area contributed by atoms with Crippen LogP contribution in [-0.2, 0) is 9.78 Å². The first-order valence-corrected chi connectivity index (χ1v) is 4.08. The molecule has 0 unspecified atom stereocenters. The van der Waals surface area contributed by atoms with E-state index >= 15 is 0 Å². The molecule has 81 valence electrons. The van der Waals surface area contributed by atoms with Crippen LogP contribution in [0, 0.1) is 7.11 Å². The first kappa shape index (κ1) is 11.3. The van der Waals surface area contributed by atoms with Crippen LogP contribution in [0.5, 0.6) is 11.5 Å². The molecule has 0 saturated carbocycles. The fourth-order valence-corrected chi connectivity index (χ4v) is 1.06. The molecule has 0 aliphatic rings. The molecule has 0 amide bonds. The lowest BCUT2D eigenvalue weighted by Gasteiger charge is -2.08. The zero-order valence-electron chi connectivity index (χ0n) is 8.48. The van der Waals surface area contributed by atoms with Crippen LogP contribution in [-0.4, -0.2) is 20.2 Å². The maximum Gasteiger partial charge on any atom is 0.373 e. The second-order valence-electron chi connectivity index (χ2n) is 2.56. The molecule has 0 atom stereocenters. The fraction of sp³-hybridized carbons (Fsp3) is 0.200. The number of hydrogen-bond donors (Lipinski definition) is 0. The second kappa shape index (κ2) is 5.21. The number of benzene rings is 1. The van der Waals surface area contributed by atoms with Crippen molar-refractivity contribution in [2.24, 2.45) is 0 Å². The van der Waals surface area contributed by atoms with Crippen molar-refractivity contribution in [3.63, 3.8) is 0 Å². The van der Waals surface area contributed by atoms with Gasteiger partial charge in [-0.2, -0.15) is 4.89 Å². The van der Waals surface area contributed by atoms with Crippen LogP contribution in [0.1, 0.15) is 10.4 Å². The maximum atomic E-state index is 11.2. The van der Waals surface area contributed by atoms with Gasteiger partial charge in [0.05, 0.1) is 19.8 Å². The first-order valence-electron chi connectivity index (χ1n) is 4.08. The molecule has 0 fully saturated rings. The van der Waals surface area contributed by atoms with Gasteiger partial charge in [-0.05, 0) is 18.2 Å². The number of carbonyl (C=O) groups is 1. The molecule has 5 nitrogen and oxygen atoms in total. The number of rotatable bonds is 4. The Labute approximate surface area is 87.4 Å². The second-order valence-corrected chi connectivity index (χ2v) is 2.56. The minimum atomic E-state index is -0.647. The zero-order valence-corrected chi connectivity index (χ0v) is 8.48. The van der Waals surface area contributed by atoms with Crippen molar-refractivity contribution < 1.29 is 24.0 Å². The zero-order chi connectivity index (χ0) is 11.3. The van der Waals surface area contributed by atoms with E-state index < -0.39 is 5.97 Å². The summed E-state index contributed by atoms with van der Waals surface area (Å²) < 4.78 is 10.0. The van der Waals surface area contributed by atoms with Gasteiger partial charge in [0.15, 0.2) is 11.5 Å². The van der Waals surface area contributed by atoms with Crippen LogP contribution in [0.4, 0.5) is 0 Å². The lowest BCUT2D eigenvalue weighted by Crippen LogP contribution is -2.04. The first-order chi connectivity index (χ1) is 7.22. The van der Waals surface area contributed by atoms with E-state index in [1.54, 1.807) is 6.07 Å². The van der Waals surface area contributed by atoms with Crippen LogP contribution in [0.3, 0.4) is 0 Å². The Balaban J connectivity index is 2.97. The van der Waals surface area contributed by atoms with Crippen molar-refractivity contribution >= 4 is 5.97 Å². The SMILES string of the molecule is [CH2]OOC(=O)c1ccc(OC)c(OC)c1. The van der Waals surface area contributed by atoms with E-state index in [2.05, 4.69) is 16.9 Å². The molecule has 5 heteroatoms. The van der Waals surface area contributed by atoms with Gasteiger partial charge in [0, 0.05) is 0 Å². The average Bonchev–Trinajstić information content (AvgIpc) is 2.28. The van der Waals surface area contributed by atoms with Gasteiger partial charge in [-0.25, -0.2) is 4.79 Å². The summed E-state index contributed by atoms with van der Waals surface area (Å²) in [6, 6.07) is 4.61. The van der Waals surface area contributed by atoms with E-state index in [4.69, 9.17) is 9.47 Å². The molecule has 1 aromatic carbocycles. The summed E-state index contributed by atoms with van der Waals surface area (Å²) in [5.41, 5.74) is 0.288. The highest BCUT2D eigenvalue weighted by Crippen LogP contribution is 2.27. The van der Waals surface area contributed by atoms with Crippen molar-refractivity contribution in [3.05, 3.63) is 30.9 Å². The smallest absolute Gasteiger partial charge is 0.373 e. The van der Waals surface area contributed by atoms with Gasteiger partial charge in [-0.1, -0.05) is 0 Å². The minimum Gasteiger partial charge on any atom is -0.493 e. The summed E-state index contributed by atoms with van der Waals surface area (Å²) in [4.78, 5) is 19.5. The summed E-state index contributed by atoms with van der Waals surface area (Å²) in [5.74, 6) is 0.326. The Morgan fingerprint density at radius 3 is 2.40 bits per heavy atom. The quantitative estimate of drug-likeness (QED) is 0.559. The summed E-state index contributed by atoms with van der Waals surface area (Å²) in [6.45, 7) is 0. The Morgan fingerprint density at radius 2 is 1.87 bits per heavy atom. The van der Waals surface area contributed by atoms with Crippen molar-refractivity contribution in [1.82, 2.24) is 0 Å². The van der Waals surface area contributed by atoms with E-state index in [0.717, 1.165) is 0 Å². The number of hydrogen-bond acceptors (Lipinski definition) is 5. The summed E-state index contributed by atoms with van der Waals surface area (Å²) in [7, 11) is 5.91. The molecular weight excluding hydrogens is 200 g/mol. The summed E-state index contributed by atoms with van der Waals surface area (Å²) in [5, 5.41) is 0. The Hall–Kier alpha value is -1.75. The van der Waals surface area contributed by atoms with Gasteiger partial charge in [-0.3, -0.25) is 4.89 Å². The van der Waals surface area contributed by atoms with Gasteiger partial charge in [-0.15, -0.1) is 0 Å². The standard InChI is InChI=1S/C10H11O5/c1-12-8-5-4-7(6-9(8)13-2)10(11)15-14-3/h4-6H,3H2,1-2H3. The van der Waals surface area contributed by atoms with Gasteiger partial charge < -0.3 is 9.47 Å². The number of methoxy groups -OCH3 is 2. The molecule has 0 aliphatic carbocycles. The molecule has 1 rings (SSSR count). The lowest BCUT2D eigenvalue weighted by atomic mass is 10.2. The van der Waals surface area contributed by atoms with E-state index in [1.165, 1.54) is 26.4 Å². The van der Waals surface area contributed by atoms with Crippen LogP contribution in [0.2, 0.25) is 0 Å². The normalized spacial score (nSPS) is 9.53. The van der Waals surface area contributed by atoms with Crippen molar-refractivity contribution in [2.45, 2.75) is 0 Å². The topological polar surface area (TPSA) is 54.0 Å². The van der Waals surface area contributed by atoms with E-state index in [0.29, 0.717) is 11.5 Å². The van der Waals surface area contributed by atoms with Gasteiger partial charge in [0.1, 0.15) is 7.11 Å². The molecule has 0 bridgehead atoms. The summed E-state index contributed by atoms with van der Waals surface area (Å²) in [6.07, 6.45) is 0. The fourth-order valence-electron chi connectivity index (χ4n) is 1.06. The highest BCUT2D eigenvalue weighted by atomic mass is 17.2. The summed E-state index contributed by atoms with van der Waals surface area (Å²) >= 11 is 0. The van der Waals surface area contributed by atoms with Crippen LogP contribution >= 0.6 is 0 Å². The van der Waals surface area contributed by atoms with Crippen molar-refractivity contribution in [2.75, 3.05) is 14.2 Å². The van der Waals surface area contributed by atoms with Crippen molar-refractivity contribution in [1.29, 1.82) is 0 Å². The molecule has 0 heterocycles. The Bertz CT molecular complexity index is 348. The van der Waals surface area contributed by atoms with Gasteiger partial charge in [0.2, 0.25) is 0 Å². The van der Waals surface area contributed by atoms with Crippen LogP contribution < -0.4 is 9.47 Å². The third kappa shape index (κ3) is 2.60. The van der Waals surface area contributed by atoms with E-state index in [1.807, 2.05) is 0 Å². The lowest BCUT2D eigenvalue weighted by molar-refractivity contribution is -0.195. The highest BCUT2D eigenvalue weighted by Gasteiger charge is 2.11. The largest absolute Gasteiger partial charge is 0.493 e. The Morgan fingerprint density at radius 1 is 1.20 bits per heavy atom. The maximum absolute atomic E-state index is 11.2. The third-order valence-corrected chi connectivity index (χ3v) is 1.75. The molecule has 0 aromatic heterocycles. The van der Waals surface area contributed by atoms with Crippen LogP contribution in [0.25, 0.3) is 0 Å². The number of carbonyl (C=O) groups excluding carboxylic acids is 1. The molecule has 1 aromatic rings. The minimum absolute atomic E-state index is 0.288. The molecule has 0 aliphatic heterocycles. The van der Waals surface area contributed by atoms with Gasteiger partial charge in [0.25, 0.3) is 0 Å². The van der Waals surface area contributed by atoms with Crippen LogP contribution in [0.15, 0.2) is 18.2 Å². The monoisotopic (exact) mass is 211 g/mol. The molecule has 0 saturated heterocycles. The van der Waals surface area contributed by atoms with Crippen molar-refractivity contribution in [3.8, 4) is 11.5 Å². The number of ether oxygens (including phenoxy) is 2. The predicted molar refractivity (Wildman–Crippen MR) is 51.4 cm³/mol. The molecule has 0 spiro atoms. The van der Waals surface area contributed by atoms with E-state index in [-0.39, 0.29) is 5.56 Å². The Kier molecular flexibility index (Phi) is 3.93. The third-order valence-electron chi connectivity index (χ3n) is 1.75. The molecule has 0 N–H and O–H groups in total. The predicted octanol–water partition coefficient (Wildman–Crippen LogP) is 1.58. The average molecular weight is 211 g/mol. The molecule has 1 radical (unpaired) electrons. The molecule has 15 heavy (non-hydrogen) atoms. The molecular formula is C10H11O5.